The van der Waals surface area contributed by atoms with Gasteiger partial charge in [0.1, 0.15) is 11.6 Å². The van der Waals surface area contributed by atoms with Crippen LogP contribution >= 0.6 is 0 Å². The number of rotatable bonds is 6. The van der Waals surface area contributed by atoms with Crippen LogP contribution in [-0.2, 0) is 16.0 Å². The molecule has 9 heteroatoms. The number of hydrogen-bond donors (Lipinski definition) is 2. The smallest absolute Gasteiger partial charge is 0.310 e. The number of esters is 1. The molecular weight excluding hydrogens is 386 g/mol. The molecule has 1 aromatic carbocycles. The Bertz CT molecular complexity index is 1280. The van der Waals surface area contributed by atoms with Crippen LogP contribution in [0, 0.1) is 0 Å². The van der Waals surface area contributed by atoms with Crippen molar-refractivity contribution in [1.82, 2.24) is 24.9 Å². The number of carbonyl (C=O) groups excluding carboxylic acids is 1. The average molecular weight is 405 g/mol. The summed E-state index contributed by atoms with van der Waals surface area (Å²) < 4.78 is 10.6. The SMILES string of the molecule is CCOc1cc(-c2cnccc2CC(=O)OC)ccc1-c1nc2nc[nH]c2c(=O)[nH]1. The van der Waals surface area contributed by atoms with Gasteiger partial charge in [0.2, 0.25) is 0 Å². The highest BCUT2D eigenvalue weighted by Gasteiger charge is 2.16. The van der Waals surface area contributed by atoms with Gasteiger partial charge in [0.15, 0.2) is 11.2 Å². The van der Waals surface area contributed by atoms with Crippen molar-refractivity contribution in [1.29, 1.82) is 0 Å². The summed E-state index contributed by atoms with van der Waals surface area (Å²) in [6.07, 6.45) is 4.88. The van der Waals surface area contributed by atoms with Crippen molar-refractivity contribution in [2.24, 2.45) is 0 Å². The van der Waals surface area contributed by atoms with E-state index in [4.69, 9.17) is 9.47 Å². The molecule has 4 aromatic rings. The van der Waals surface area contributed by atoms with Crippen LogP contribution in [0.25, 0.3) is 33.7 Å². The van der Waals surface area contributed by atoms with Gasteiger partial charge in [-0.2, -0.15) is 0 Å². The Labute approximate surface area is 171 Å². The summed E-state index contributed by atoms with van der Waals surface area (Å²) in [5.74, 6) is 0.564. The van der Waals surface area contributed by atoms with Crippen LogP contribution in [0.4, 0.5) is 0 Å². The summed E-state index contributed by atoms with van der Waals surface area (Å²) in [7, 11) is 1.36. The Kier molecular flexibility index (Phi) is 5.25. The number of H-pyrrole nitrogens is 2. The number of pyridine rings is 1. The van der Waals surface area contributed by atoms with Gasteiger partial charge in [-0.3, -0.25) is 14.6 Å². The third-order valence-electron chi connectivity index (χ3n) is 4.62. The van der Waals surface area contributed by atoms with Gasteiger partial charge >= 0.3 is 5.97 Å². The normalized spacial score (nSPS) is 10.9. The largest absolute Gasteiger partial charge is 0.493 e. The molecule has 0 amide bonds. The molecule has 0 bridgehead atoms. The summed E-state index contributed by atoms with van der Waals surface area (Å²) in [5.41, 5.74) is 3.35. The lowest BCUT2D eigenvalue weighted by molar-refractivity contribution is -0.139. The molecule has 0 spiro atoms. The van der Waals surface area contributed by atoms with E-state index in [9.17, 15) is 9.59 Å². The van der Waals surface area contributed by atoms with Crippen LogP contribution in [0.3, 0.4) is 0 Å². The molecule has 0 radical (unpaired) electrons. The third kappa shape index (κ3) is 3.64. The van der Waals surface area contributed by atoms with E-state index in [1.165, 1.54) is 13.4 Å². The first-order chi connectivity index (χ1) is 14.6. The minimum absolute atomic E-state index is 0.130. The van der Waals surface area contributed by atoms with E-state index in [0.29, 0.717) is 34.9 Å². The average Bonchev–Trinajstić information content (AvgIpc) is 3.23. The summed E-state index contributed by atoms with van der Waals surface area (Å²) in [6.45, 7) is 2.30. The highest BCUT2D eigenvalue weighted by atomic mass is 16.5. The lowest BCUT2D eigenvalue weighted by Gasteiger charge is -2.13. The second-order valence-corrected chi connectivity index (χ2v) is 6.45. The van der Waals surface area contributed by atoms with Gasteiger partial charge in [-0.25, -0.2) is 9.97 Å². The second kappa shape index (κ2) is 8.16. The maximum atomic E-state index is 12.3. The Morgan fingerprint density at radius 1 is 1.20 bits per heavy atom. The van der Waals surface area contributed by atoms with E-state index in [2.05, 4.69) is 24.9 Å². The number of hydrogen-bond acceptors (Lipinski definition) is 7. The van der Waals surface area contributed by atoms with Crippen LogP contribution in [0.5, 0.6) is 5.75 Å². The first-order valence-electron chi connectivity index (χ1n) is 9.31. The van der Waals surface area contributed by atoms with Crippen molar-refractivity contribution in [2.75, 3.05) is 13.7 Å². The van der Waals surface area contributed by atoms with Gasteiger partial charge < -0.3 is 19.4 Å². The fourth-order valence-electron chi connectivity index (χ4n) is 3.20. The number of aromatic amines is 2. The molecule has 0 unspecified atom stereocenters. The Morgan fingerprint density at radius 3 is 2.87 bits per heavy atom. The lowest BCUT2D eigenvalue weighted by Crippen LogP contribution is -2.10. The number of benzene rings is 1. The zero-order chi connectivity index (χ0) is 21.1. The molecule has 30 heavy (non-hydrogen) atoms. The molecular formula is C21H19N5O4. The molecule has 0 atom stereocenters. The van der Waals surface area contributed by atoms with Gasteiger partial charge in [-0.15, -0.1) is 0 Å². The molecule has 9 nitrogen and oxygen atoms in total. The van der Waals surface area contributed by atoms with Crippen LogP contribution in [0.2, 0.25) is 0 Å². The molecule has 4 rings (SSSR count). The lowest BCUT2D eigenvalue weighted by atomic mass is 9.98. The molecule has 0 saturated heterocycles. The maximum Gasteiger partial charge on any atom is 0.310 e. The van der Waals surface area contributed by atoms with Crippen LogP contribution in [0.1, 0.15) is 12.5 Å². The number of nitrogens with one attached hydrogen (secondary N) is 2. The molecule has 0 aliphatic rings. The molecule has 2 N–H and O–H groups in total. The van der Waals surface area contributed by atoms with Gasteiger partial charge in [0, 0.05) is 18.0 Å². The van der Waals surface area contributed by atoms with Gasteiger partial charge in [0.05, 0.1) is 32.0 Å². The van der Waals surface area contributed by atoms with Gasteiger partial charge in [-0.1, -0.05) is 6.07 Å². The first-order valence-corrected chi connectivity index (χ1v) is 9.31. The predicted octanol–water partition coefficient (Wildman–Crippen LogP) is 2.49. The van der Waals surface area contributed by atoms with Crippen molar-refractivity contribution in [3.05, 3.63) is 58.9 Å². The maximum absolute atomic E-state index is 12.3. The van der Waals surface area contributed by atoms with E-state index in [0.717, 1.165) is 16.7 Å². The van der Waals surface area contributed by atoms with E-state index >= 15 is 0 Å². The molecule has 152 valence electrons. The third-order valence-corrected chi connectivity index (χ3v) is 4.62. The summed E-state index contributed by atoms with van der Waals surface area (Å²) in [5, 5.41) is 0. The quantitative estimate of drug-likeness (QED) is 0.472. The van der Waals surface area contributed by atoms with Gasteiger partial charge in [-0.05, 0) is 36.2 Å². The van der Waals surface area contributed by atoms with Crippen molar-refractivity contribution >= 4 is 17.1 Å². The standard InChI is InChI=1S/C21H19N5O4/c1-3-30-16-8-12(15-10-22-7-6-13(15)9-17(27)29-2)4-5-14(16)19-25-20-18(21(28)26-19)23-11-24-20/h4-8,10-11H,3,9H2,1-2H3,(H2,23,24,25,26,28). The molecule has 3 aromatic heterocycles. The number of imidazole rings is 1. The van der Waals surface area contributed by atoms with Crippen LogP contribution in [0.15, 0.2) is 47.8 Å². The Balaban J connectivity index is 1.81. The molecule has 0 fully saturated rings. The molecule has 0 saturated carbocycles. The number of carbonyl (C=O) groups is 1. The van der Waals surface area contributed by atoms with Crippen LogP contribution < -0.4 is 10.3 Å². The zero-order valence-corrected chi connectivity index (χ0v) is 16.4. The number of ether oxygens (including phenoxy) is 2. The number of aromatic nitrogens is 5. The summed E-state index contributed by atoms with van der Waals surface area (Å²) >= 11 is 0. The van der Waals surface area contributed by atoms with Crippen LogP contribution in [-0.4, -0.2) is 44.6 Å². The van der Waals surface area contributed by atoms with Crippen molar-refractivity contribution in [3.63, 3.8) is 0 Å². The van der Waals surface area contributed by atoms with E-state index in [1.54, 1.807) is 18.5 Å². The van der Waals surface area contributed by atoms with E-state index in [1.807, 2.05) is 25.1 Å². The number of fused-ring (bicyclic) bond motifs is 1. The topological polar surface area (TPSA) is 123 Å². The Hall–Kier alpha value is -4.01. The van der Waals surface area contributed by atoms with E-state index < -0.39 is 0 Å². The summed E-state index contributed by atoms with van der Waals surface area (Å²) in [6, 6.07) is 7.30. The zero-order valence-electron chi connectivity index (χ0n) is 16.4. The minimum atomic E-state index is -0.335. The van der Waals surface area contributed by atoms with Crippen molar-refractivity contribution in [2.45, 2.75) is 13.3 Å². The minimum Gasteiger partial charge on any atom is -0.493 e. The molecule has 0 aliphatic heterocycles. The fourth-order valence-corrected chi connectivity index (χ4v) is 3.20. The van der Waals surface area contributed by atoms with Gasteiger partial charge in [0.25, 0.3) is 5.56 Å². The number of methoxy groups -OCH3 is 1. The van der Waals surface area contributed by atoms with Crippen molar-refractivity contribution < 1.29 is 14.3 Å². The number of nitrogens with zero attached hydrogens (tertiary/aromatic N) is 3. The predicted molar refractivity (Wildman–Crippen MR) is 110 cm³/mol. The Morgan fingerprint density at radius 2 is 2.07 bits per heavy atom. The molecule has 0 aliphatic carbocycles. The van der Waals surface area contributed by atoms with Crippen molar-refractivity contribution in [3.8, 4) is 28.3 Å². The monoisotopic (exact) mass is 405 g/mol. The highest BCUT2D eigenvalue weighted by molar-refractivity contribution is 5.80. The first kappa shape index (κ1) is 19.3. The summed E-state index contributed by atoms with van der Waals surface area (Å²) in [4.78, 5) is 42.3. The second-order valence-electron chi connectivity index (χ2n) is 6.45. The fraction of sp³-hybridized carbons (Fsp3) is 0.190. The molecule has 3 heterocycles. The highest BCUT2D eigenvalue weighted by Crippen LogP contribution is 2.34. The van der Waals surface area contributed by atoms with E-state index in [-0.39, 0.29) is 17.9 Å².